The van der Waals surface area contributed by atoms with Crippen LogP contribution in [0.2, 0.25) is 5.02 Å². The number of hydroxylamine groups is 2. The van der Waals surface area contributed by atoms with E-state index in [1.807, 2.05) is 24.3 Å². The Hall–Kier alpha value is -4.08. The zero-order chi connectivity index (χ0) is 29.0. The fourth-order valence-corrected chi connectivity index (χ4v) is 7.89. The Morgan fingerprint density at radius 1 is 0.976 bits per heavy atom. The van der Waals surface area contributed by atoms with E-state index in [1.54, 1.807) is 25.1 Å². The van der Waals surface area contributed by atoms with Crippen molar-refractivity contribution >= 4 is 51.7 Å². The summed E-state index contributed by atoms with van der Waals surface area (Å²) in [6.07, 6.45) is 2.08. The Labute approximate surface area is 238 Å². The van der Waals surface area contributed by atoms with Crippen molar-refractivity contribution in [3.8, 4) is 5.75 Å². The molecule has 6 unspecified atom stereocenters. The van der Waals surface area contributed by atoms with Gasteiger partial charge in [0.1, 0.15) is 11.6 Å². The van der Waals surface area contributed by atoms with E-state index in [-0.39, 0.29) is 34.4 Å². The second kappa shape index (κ2) is 8.71. The van der Waals surface area contributed by atoms with E-state index in [1.165, 1.54) is 12.1 Å². The lowest BCUT2D eigenvalue weighted by atomic mass is 9.51. The van der Waals surface area contributed by atoms with Gasteiger partial charge in [-0.2, -0.15) is 5.06 Å². The zero-order valence-corrected chi connectivity index (χ0v) is 22.5. The number of fused-ring (bicyclic) bond motifs is 5. The summed E-state index contributed by atoms with van der Waals surface area (Å²) in [6.45, 7) is 1.69. The summed E-state index contributed by atoms with van der Waals surface area (Å²) in [6, 6.07) is 14.4. The number of hydrogen-bond donors (Lipinski definition) is 2. The molecule has 0 spiro atoms. The Morgan fingerprint density at radius 2 is 1.73 bits per heavy atom. The van der Waals surface area contributed by atoms with Crippen LogP contribution in [0.3, 0.4) is 0 Å². The van der Waals surface area contributed by atoms with Gasteiger partial charge in [0.15, 0.2) is 0 Å². The maximum Gasteiger partial charge on any atom is 0.257 e. The van der Waals surface area contributed by atoms with E-state index < -0.39 is 64.5 Å². The zero-order valence-electron chi connectivity index (χ0n) is 21.8. The average Bonchev–Trinajstić information content (AvgIpc) is 3.30. The van der Waals surface area contributed by atoms with Gasteiger partial charge in [0.05, 0.1) is 33.9 Å². The number of allylic oxidation sites excluding steroid dienone is 2. The molecule has 4 aliphatic rings. The lowest BCUT2D eigenvalue weighted by molar-refractivity contribution is -0.173. The molecule has 8 nitrogen and oxygen atoms in total. The number of aromatic hydroxyl groups is 1. The summed E-state index contributed by atoms with van der Waals surface area (Å²) < 4.78 is 14.0. The average molecular weight is 575 g/mol. The summed E-state index contributed by atoms with van der Waals surface area (Å²) in [5.74, 6) is -7.33. The van der Waals surface area contributed by atoms with E-state index in [9.17, 15) is 33.9 Å². The normalized spacial score (nSPS) is 30.9. The number of benzene rings is 3. The van der Waals surface area contributed by atoms with Crippen molar-refractivity contribution < 1.29 is 33.9 Å². The van der Waals surface area contributed by atoms with Gasteiger partial charge in [-0.1, -0.05) is 59.6 Å². The molecule has 4 amide bonds. The number of phenols is 1. The maximum absolute atomic E-state index is 14.4. The quantitative estimate of drug-likeness (QED) is 0.254. The third-order valence-corrected chi connectivity index (χ3v) is 9.95. The molecule has 2 aliphatic carbocycles. The second-order valence-electron chi connectivity index (χ2n) is 11.5. The first-order valence-electron chi connectivity index (χ1n) is 13.4. The Balaban J connectivity index is 1.45. The predicted molar refractivity (Wildman–Crippen MR) is 145 cm³/mol. The Bertz CT molecular complexity index is 1760. The number of amides is 4. The number of carbonyl (C=O) groups excluding carboxylic acids is 4. The van der Waals surface area contributed by atoms with Crippen LogP contribution >= 0.6 is 11.6 Å². The number of carbonyl (C=O) groups is 4. The molecule has 0 bridgehead atoms. The number of hydrogen-bond acceptors (Lipinski definition) is 6. The van der Waals surface area contributed by atoms with Crippen molar-refractivity contribution in [1.82, 2.24) is 5.06 Å². The lowest BCUT2D eigenvalue weighted by Gasteiger charge is -2.49. The summed E-state index contributed by atoms with van der Waals surface area (Å²) in [5, 5.41) is 23.1. The minimum atomic E-state index is -1.39. The van der Waals surface area contributed by atoms with Gasteiger partial charge in [-0.05, 0) is 49.3 Å². The largest absolute Gasteiger partial charge is 0.507 e. The van der Waals surface area contributed by atoms with E-state index in [0.29, 0.717) is 16.5 Å². The topological polar surface area (TPSA) is 115 Å². The van der Waals surface area contributed by atoms with Crippen LogP contribution in [-0.4, -0.2) is 39.0 Å². The van der Waals surface area contributed by atoms with Gasteiger partial charge in [-0.25, -0.2) is 9.29 Å². The second-order valence-corrected chi connectivity index (χ2v) is 11.9. The molecular formula is C31H24ClFN2O6. The van der Waals surface area contributed by atoms with E-state index in [2.05, 4.69) is 0 Å². The molecule has 6 atom stereocenters. The maximum atomic E-state index is 14.4. The molecule has 3 aromatic rings. The van der Waals surface area contributed by atoms with Crippen LogP contribution in [0.5, 0.6) is 5.75 Å². The Kier molecular flexibility index (Phi) is 5.49. The van der Waals surface area contributed by atoms with Gasteiger partial charge < -0.3 is 5.11 Å². The molecule has 208 valence electrons. The van der Waals surface area contributed by atoms with E-state index in [4.69, 9.17) is 11.6 Å². The monoisotopic (exact) mass is 574 g/mol. The van der Waals surface area contributed by atoms with E-state index >= 15 is 0 Å². The molecular weight excluding hydrogens is 551 g/mol. The number of nitrogens with zero attached hydrogens (tertiary/aromatic N) is 2. The van der Waals surface area contributed by atoms with E-state index in [0.717, 1.165) is 16.4 Å². The highest BCUT2D eigenvalue weighted by Crippen LogP contribution is 2.64. The number of halogens is 2. The van der Waals surface area contributed by atoms with Gasteiger partial charge in [-0.15, -0.1) is 0 Å². The molecule has 0 aromatic heterocycles. The van der Waals surface area contributed by atoms with Crippen molar-refractivity contribution in [3.63, 3.8) is 0 Å². The molecule has 1 saturated carbocycles. The van der Waals surface area contributed by atoms with Crippen LogP contribution < -0.4 is 4.90 Å². The molecule has 2 heterocycles. The first kappa shape index (κ1) is 25.9. The summed E-state index contributed by atoms with van der Waals surface area (Å²) in [4.78, 5) is 55.3. The molecule has 3 fully saturated rings. The van der Waals surface area contributed by atoms with Crippen LogP contribution in [0.4, 0.5) is 10.1 Å². The van der Waals surface area contributed by atoms with Crippen LogP contribution in [0, 0.1) is 34.9 Å². The van der Waals surface area contributed by atoms with Crippen LogP contribution in [0.15, 0.2) is 66.2 Å². The summed E-state index contributed by atoms with van der Waals surface area (Å²) >= 11 is 6.02. The van der Waals surface area contributed by atoms with Crippen LogP contribution in [0.25, 0.3) is 10.8 Å². The highest BCUT2D eigenvalue weighted by Gasteiger charge is 2.68. The lowest BCUT2D eigenvalue weighted by Crippen LogP contribution is -2.48. The number of imide groups is 2. The predicted octanol–water partition coefficient (Wildman–Crippen LogP) is 4.96. The molecule has 41 heavy (non-hydrogen) atoms. The number of rotatable bonds is 2. The molecule has 7 rings (SSSR count). The van der Waals surface area contributed by atoms with Crippen molar-refractivity contribution in [1.29, 1.82) is 0 Å². The molecule has 10 heteroatoms. The molecule has 2 N–H and O–H groups in total. The van der Waals surface area contributed by atoms with Crippen LogP contribution in [0.1, 0.15) is 31.2 Å². The summed E-state index contributed by atoms with van der Waals surface area (Å²) in [7, 11) is 0. The van der Waals surface area contributed by atoms with Crippen molar-refractivity contribution in [2.75, 3.05) is 4.90 Å². The van der Waals surface area contributed by atoms with Crippen molar-refractivity contribution in [2.45, 2.75) is 25.7 Å². The van der Waals surface area contributed by atoms with Crippen LogP contribution in [-0.2, 0) is 19.2 Å². The minimum Gasteiger partial charge on any atom is -0.507 e. The Morgan fingerprint density at radius 3 is 2.49 bits per heavy atom. The fourth-order valence-electron chi connectivity index (χ4n) is 7.72. The third kappa shape index (κ3) is 3.30. The highest BCUT2D eigenvalue weighted by molar-refractivity contribution is 6.31. The standard InChI is InChI=1S/C31H24ClFN2O6/c1-31-21(28(38)34(30(31)40)15-7-11-23(33)22(32)12-15)13-20-17(9-10-18-24(20)29(39)35(41)27(18)37)25(31)19-8-6-14-4-2-3-5-16(14)26(19)36/h2-9,11-12,18,20-21,24-25,36,41H,10,13H2,1H3. The van der Waals surface area contributed by atoms with Gasteiger partial charge in [0.2, 0.25) is 11.8 Å². The summed E-state index contributed by atoms with van der Waals surface area (Å²) in [5.41, 5.74) is -0.181. The number of phenolic OH excluding ortho intramolecular Hbond substituents is 1. The van der Waals surface area contributed by atoms with Gasteiger partial charge in [0.25, 0.3) is 11.8 Å². The highest BCUT2D eigenvalue weighted by atomic mass is 35.5. The molecule has 0 radical (unpaired) electrons. The minimum absolute atomic E-state index is 0.0436. The first-order valence-corrected chi connectivity index (χ1v) is 13.7. The molecule has 3 aromatic carbocycles. The molecule has 2 aliphatic heterocycles. The van der Waals surface area contributed by atoms with Crippen molar-refractivity contribution in [2.24, 2.45) is 29.1 Å². The first-order chi connectivity index (χ1) is 19.6. The van der Waals surface area contributed by atoms with Gasteiger partial charge in [0, 0.05) is 16.9 Å². The molecule has 2 saturated heterocycles. The van der Waals surface area contributed by atoms with Crippen molar-refractivity contribution in [3.05, 3.63) is 82.6 Å². The SMILES string of the molecule is CC12C(=O)N(c3ccc(F)c(Cl)c3)C(=O)C1CC1C(=CCC3C(=O)N(O)C(=O)C31)C2c1ccc2ccccc2c1O. The van der Waals surface area contributed by atoms with Gasteiger partial charge in [-0.3, -0.25) is 24.4 Å². The van der Waals surface area contributed by atoms with Gasteiger partial charge >= 0.3 is 0 Å². The number of anilines is 1. The smallest absolute Gasteiger partial charge is 0.257 e. The third-order valence-electron chi connectivity index (χ3n) is 9.66. The fraction of sp³-hybridized carbons (Fsp3) is 0.290.